The molecule has 0 saturated carbocycles. The number of rotatable bonds is 3. The molecule has 0 aliphatic rings. The van der Waals surface area contributed by atoms with Gasteiger partial charge in [-0.3, -0.25) is 0 Å². The van der Waals surface area contributed by atoms with Gasteiger partial charge in [0.15, 0.2) is 0 Å². The van der Waals surface area contributed by atoms with Crippen molar-refractivity contribution in [1.82, 2.24) is 14.8 Å². The molecule has 0 bridgehead atoms. The van der Waals surface area contributed by atoms with Crippen molar-refractivity contribution in [2.24, 2.45) is 0 Å². The van der Waals surface area contributed by atoms with Crippen LogP contribution in [0.25, 0.3) is 0 Å². The fourth-order valence-electron chi connectivity index (χ4n) is 1.54. The Kier molecular flexibility index (Phi) is 3.22. The van der Waals surface area contributed by atoms with Gasteiger partial charge in [-0.05, 0) is 17.7 Å². The lowest BCUT2D eigenvalue weighted by Gasteiger charge is -2.06. The summed E-state index contributed by atoms with van der Waals surface area (Å²) in [5.41, 5.74) is 1.40. The van der Waals surface area contributed by atoms with Crippen molar-refractivity contribution in [3.05, 3.63) is 41.5 Å². The van der Waals surface area contributed by atoms with Crippen molar-refractivity contribution >= 4 is 0 Å². The van der Waals surface area contributed by atoms with E-state index in [1.165, 1.54) is 13.4 Å². The molecule has 0 saturated heterocycles. The molecule has 0 unspecified atom stereocenters. The van der Waals surface area contributed by atoms with Crippen LogP contribution < -0.4 is 4.74 Å². The molecule has 6 nitrogen and oxygen atoms in total. The predicted octanol–water partition coefficient (Wildman–Crippen LogP) is 1.08. The van der Waals surface area contributed by atoms with Crippen molar-refractivity contribution < 1.29 is 4.74 Å². The maximum Gasteiger partial charge on any atom is 0.252 e. The van der Waals surface area contributed by atoms with Gasteiger partial charge in [-0.1, -0.05) is 6.07 Å². The van der Waals surface area contributed by atoms with Gasteiger partial charge in [0.2, 0.25) is 0 Å². The molecule has 1 aromatic heterocycles. The lowest BCUT2D eigenvalue weighted by Crippen LogP contribution is -2.01. The van der Waals surface area contributed by atoms with Gasteiger partial charge in [-0.25, -0.2) is 9.67 Å². The molecule has 0 fully saturated rings. The van der Waals surface area contributed by atoms with E-state index in [9.17, 15) is 0 Å². The topological polar surface area (TPSA) is 87.5 Å². The van der Waals surface area contributed by atoms with E-state index in [1.54, 1.807) is 16.8 Å². The van der Waals surface area contributed by atoms with E-state index in [0.717, 1.165) is 5.56 Å². The van der Waals surface area contributed by atoms with Crippen molar-refractivity contribution in [2.75, 3.05) is 7.11 Å². The fourth-order valence-corrected chi connectivity index (χ4v) is 1.54. The van der Waals surface area contributed by atoms with Gasteiger partial charge in [0, 0.05) is 0 Å². The van der Waals surface area contributed by atoms with Crippen LogP contribution in [0.15, 0.2) is 24.5 Å². The summed E-state index contributed by atoms with van der Waals surface area (Å²) in [4.78, 5) is 3.81. The minimum absolute atomic E-state index is 0.135. The second kappa shape index (κ2) is 4.98. The Bertz CT molecular complexity index is 647. The Morgan fingerprint density at radius 3 is 2.78 bits per heavy atom. The number of methoxy groups -OCH3 is 1. The summed E-state index contributed by atoms with van der Waals surface area (Å²) in [5, 5.41) is 21.5. The average molecular weight is 239 g/mol. The van der Waals surface area contributed by atoms with E-state index in [1.807, 2.05) is 18.2 Å². The summed E-state index contributed by atoms with van der Waals surface area (Å²) in [6.07, 6.45) is 1.49. The minimum Gasteiger partial charge on any atom is -0.495 e. The molecular weight excluding hydrogens is 230 g/mol. The van der Waals surface area contributed by atoms with E-state index in [0.29, 0.717) is 17.9 Å². The Balaban J connectivity index is 2.25. The van der Waals surface area contributed by atoms with Crippen LogP contribution in [0, 0.1) is 22.7 Å². The molecule has 1 heterocycles. The number of nitriles is 2. The third-order valence-corrected chi connectivity index (χ3v) is 2.37. The summed E-state index contributed by atoms with van der Waals surface area (Å²) in [6, 6.07) is 9.19. The van der Waals surface area contributed by atoms with Crippen LogP contribution in [-0.4, -0.2) is 21.9 Å². The zero-order valence-electron chi connectivity index (χ0n) is 9.66. The van der Waals surface area contributed by atoms with E-state index in [2.05, 4.69) is 10.1 Å². The predicted molar refractivity (Wildman–Crippen MR) is 61.5 cm³/mol. The molecule has 18 heavy (non-hydrogen) atoms. The first kappa shape index (κ1) is 11.6. The molecule has 0 amide bonds. The molecule has 0 aliphatic heterocycles. The Morgan fingerprint density at radius 2 is 2.17 bits per heavy atom. The molecule has 0 radical (unpaired) electrons. The molecule has 0 aliphatic carbocycles. The van der Waals surface area contributed by atoms with Crippen LogP contribution >= 0.6 is 0 Å². The first-order chi connectivity index (χ1) is 8.76. The number of benzene rings is 1. The number of aromatic nitrogens is 3. The third kappa shape index (κ3) is 2.28. The van der Waals surface area contributed by atoms with Gasteiger partial charge in [-0.2, -0.15) is 10.5 Å². The van der Waals surface area contributed by atoms with Gasteiger partial charge in [0.05, 0.1) is 19.2 Å². The average Bonchev–Trinajstić information content (AvgIpc) is 2.86. The summed E-state index contributed by atoms with van der Waals surface area (Å²) in [6.45, 7) is 0.469. The van der Waals surface area contributed by atoms with E-state index < -0.39 is 0 Å². The van der Waals surface area contributed by atoms with Gasteiger partial charge < -0.3 is 4.74 Å². The lowest BCUT2D eigenvalue weighted by atomic mass is 10.1. The third-order valence-electron chi connectivity index (χ3n) is 2.37. The summed E-state index contributed by atoms with van der Waals surface area (Å²) in [5.74, 6) is 0.659. The van der Waals surface area contributed by atoms with Gasteiger partial charge in [-0.15, -0.1) is 5.10 Å². The highest BCUT2D eigenvalue weighted by Gasteiger charge is 2.05. The van der Waals surface area contributed by atoms with Crippen molar-refractivity contribution in [3.8, 4) is 17.9 Å². The summed E-state index contributed by atoms with van der Waals surface area (Å²) in [7, 11) is 1.52. The first-order valence-electron chi connectivity index (χ1n) is 5.13. The number of nitrogens with zero attached hydrogens (tertiary/aromatic N) is 5. The lowest BCUT2D eigenvalue weighted by molar-refractivity contribution is 0.412. The Morgan fingerprint density at radius 1 is 1.33 bits per heavy atom. The highest BCUT2D eigenvalue weighted by Crippen LogP contribution is 2.19. The second-order valence-electron chi connectivity index (χ2n) is 3.52. The summed E-state index contributed by atoms with van der Waals surface area (Å²) >= 11 is 0. The minimum atomic E-state index is 0.135. The van der Waals surface area contributed by atoms with Gasteiger partial charge in [0.25, 0.3) is 5.82 Å². The zero-order chi connectivity index (χ0) is 13.0. The molecular formula is C12H9N5O. The van der Waals surface area contributed by atoms with Gasteiger partial charge >= 0.3 is 0 Å². The normalized spacial score (nSPS) is 9.50. The van der Waals surface area contributed by atoms with Crippen molar-refractivity contribution in [1.29, 1.82) is 10.5 Å². The number of hydrogen-bond donors (Lipinski definition) is 0. The summed E-state index contributed by atoms with van der Waals surface area (Å²) < 4.78 is 6.68. The standard InChI is InChI=1S/C12H9N5O/c1-18-11-4-9(2-3-10(11)5-13)7-17-8-15-12(6-14)16-17/h2-4,8H,7H2,1H3. The monoisotopic (exact) mass is 239 g/mol. The molecule has 88 valence electrons. The molecule has 6 heteroatoms. The number of ether oxygens (including phenoxy) is 1. The highest BCUT2D eigenvalue weighted by molar-refractivity contribution is 5.45. The van der Waals surface area contributed by atoms with Crippen LogP contribution in [-0.2, 0) is 6.54 Å². The molecule has 0 atom stereocenters. The maximum absolute atomic E-state index is 8.87. The first-order valence-corrected chi connectivity index (χ1v) is 5.13. The van der Waals surface area contributed by atoms with E-state index in [-0.39, 0.29) is 5.82 Å². The second-order valence-corrected chi connectivity index (χ2v) is 3.52. The molecule has 2 aromatic rings. The Labute approximate surface area is 104 Å². The molecule has 2 rings (SSSR count). The largest absolute Gasteiger partial charge is 0.495 e. The van der Waals surface area contributed by atoms with Crippen LogP contribution in [0.5, 0.6) is 5.75 Å². The highest BCUT2D eigenvalue weighted by atomic mass is 16.5. The van der Waals surface area contributed by atoms with Crippen LogP contribution in [0.4, 0.5) is 0 Å². The van der Waals surface area contributed by atoms with Crippen molar-refractivity contribution in [3.63, 3.8) is 0 Å². The molecule has 0 N–H and O–H groups in total. The smallest absolute Gasteiger partial charge is 0.252 e. The van der Waals surface area contributed by atoms with Crippen LogP contribution in [0.2, 0.25) is 0 Å². The van der Waals surface area contributed by atoms with Crippen LogP contribution in [0.1, 0.15) is 17.0 Å². The van der Waals surface area contributed by atoms with E-state index >= 15 is 0 Å². The van der Waals surface area contributed by atoms with Crippen molar-refractivity contribution in [2.45, 2.75) is 6.54 Å². The number of hydrogen-bond acceptors (Lipinski definition) is 5. The fraction of sp³-hybridized carbons (Fsp3) is 0.167. The maximum atomic E-state index is 8.87. The Hall–Kier alpha value is -2.86. The zero-order valence-corrected chi connectivity index (χ0v) is 9.66. The quantitative estimate of drug-likeness (QED) is 0.799. The van der Waals surface area contributed by atoms with E-state index in [4.69, 9.17) is 15.3 Å². The SMILES string of the molecule is COc1cc(Cn2cnc(C#N)n2)ccc1C#N. The van der Waals surface area contributed by atoms with Gasteiger partial charge in [0.1, 0.15) is 24.2 Å². The van der Waals surface area contributed by atoms with Crippen LogP contribution in [0.3, 0.4) is 0 Å². The molecule has 0 spiro atoms. The molecule has 1 aromatic carbocycles.